The fraction of sp³-hybridized carbons (Fsp3) is 0.300. The van der Waals surface area contributed by atoms with Crippen LogP contribution < -0.4 is 4.72 Å². The maximum Gasteiger partial charge on any atom is 0.416 e. The van der Waals surface area contributed by atoms with Gasteiger partial charge in [0, 0.05) is 12.1 Å². The molecule has 0 saturated heterocycles. The van der Waals surface area contributed by atoms with E-state index in [4.69, 9.17) is 4.74 Å². The molecule has 0 aliphatic carbocycles. The third kappa shape index (κ3) is 6.39. The van der Waals surface area contributed by atoms with Gasteiger partial charge in [0.1, 0.15) is 0 Å². The molecule has 162 valence electrons. The highest BCUT2D eigenvalue weighted by molar-refractivity contribution is 7.89. The zero-order chi connectivity index (χ0) is 22.5. The number of rotatable bonds is 8. The number of carbonyl (C=O) groups excluding carboxylic acids is 2. The van der Waals surface area contributed by atoms with Gasteiger partial charge in [0.25, 0.3) is 0 Å². The smallest absolute Gasteiger partial charge is 0.416 e. The van der Waals surface area contributed by atoms with Crippen molar-refractivity contribution in [1.29, 1.82) is 0 Å². The van der Waals surface area contributed by atoms with E-state index in [1.165, 1.54) is 0 Å². The molecule has 0 fully saturated rings. The molecule has 2 aromatic carbocycles. The Hall–Kier alpha value is -2.72. The van der Waals surface area contributed by atoms with Gasteiger partial charge in [0.05, 0.1) is 16.9 Å². The van der Waals surface area contributed by atoms with Crippen molar-refractivity contribution in [3.05, 3.63) is 64.7 Å². The minimum Gasteiger partial charge on any atom is -0.457 e. The fourth-order valence-corrected chi connectivity index (χ4v) is 3.62. The molecule has 0 aliphatic rings. The number of carbonyl (C=O) groups is 2. The Bertz CT molecular complexity index is 1050. The van der Waals surface area contributed by atoms with Crippen LogP contribution in [0.3, 0.4) is 0 Å². The molecule has 1 N–H and O–H groups in total. The van der Waals surface area contributed by atoms with E-state index in [1.807, 2.05) is 17.7 Å². The van der Waals surface area contributed by atoms with Crippen LogP contribution in [0, 0.1) is 13.8 Å². The van der Waals surface area contributed by atoms with Gasteiger partial charge in [0.2, 0.25) is 15.8 Å². The molecule has 2 rings (SSSR count). The number of aryl methyl sites for hydroxylation is 2. The molecular formula is C20H20F3NO5S. The normalized spacial score (nSPS) is 11.9. The SMILES string of the molecule is Cc1ccc(C)c(C(=O)COC(=O)CCNS(=O)(=O)c2cccc(C(F)(F)F)c2)c1. The van der Waals surface area contributed by atoms with Crippen molar-refractivity contribution in [2.24, 2.45) is 0 Å². The van der Waals surface area contributed by atoms with Crippen LogP contribution in [0.2, 0.25) is 0 Å². The van der Waals surface area contributed by atoms with Gasteiger partial charge in [-0.3, -0.25) is 9.59 Å². The largest absolute Gasteiger partial charge is 0.457 e. The van der Waals surface area contributed by atoms with Gasteiger partial charge in [-0.15, -0.1) is 0 Å². The molecule has 0 amide bonds. The Morgan fingerprint density at radius 3 is 2.43 bits per heavy atom. The summed E-state index contributed by atoms with van der Waals surface area (Å²) in [6.07, 6.45) is -5.07. The van der Waals surface area contributed by atoms with Crippen molar-refractivity contribution in [1.82, 2.24) is 4.72 Å². The van der Waals surface area contributed by atoms with Crippen LogP contribution in [0.15, 0.2) is 47.4 Å². The number of sulfonamides is 1. The molecule has 0 saturated carbocycles. The number of hydrogen-bond acceptors (Lipinski definition) is 5. The lowest BCUT2D eigenvalue weighted by atomic mass is 10.0. The van der Waals surface area contributed by atoms with Crippen molar-refractivity contribution < 1.29 is 35.9 Å². The summed E-state index contributed by atoms with van der Waals surface area (Å²) in [7, 11) is -4.25. The average molecular weight is 443 g/mol. The lowest BCUT2D eigenvalue weighted by Gasteiger charge is -2.10. The van der Waals surface area contributed by atoms with Crippen LogP contribution in [0.1, 0.15) is 33.5 Å². The first-order valence-corrected chi connectivity index (χ1v) is 10.3. The topological polar surface area (TPSA) is 89.5 Å². The van der Waals surface area contributed by atoms with E-state index in [2.05, 4.69) is 0 Å². The molecule has 6 nitrogen and oxygen atoms in total. The highest BCUT2D eigenvalue weighted by atomic mass is 32.2. The van der Waals surface area contributed by atoms with Crippen LogP contribution in [-0.2, 0) is 25.7 Å². The highest BCUT2D eigenvalue weighted by Gasteiger charge is 2.31. The number of ketones is 1. The van der Waals surface area contributed by atoms with Crippen molar-refractivity contribution in [3.8, 4) is 0 Å². The second-order valence-corrected chi connectivity index (χ2v) is 8.34. The molecule has 10 heteroatoms. The summed E-state index contributed by atoms with van der Waals surface area (Å²) >= 11 is 0. The van der Waals surface area contributed by atoms with Gasteiger partial charge in [-0.2, -0.15) is 13.2 Å². The zero-order valence-electron chi connectivity index (χ0n) is 16.2. The molecule has 0 aliphatic heterocycles. The van der Waals surface area contributed by atoms with Gasteiger partial charge in [-0.25, -0.2) is 13.1 Å². The van der Waals surface area contributed by atoms with Crippen molar-refractivity contribution in [2.45, 2.75) is 31.3 Å². The van der Waals surface area contributed by atoms with E-state index in [1.54, 1.807) is 19.1 Å². The standard InChI is InChI=1S/C20H20F3NO5S/c1-13-6-7-14(2)17(10-13)18(25)12-29-19(26)8-9-24-30(27,28)16-5-3-4-15(11-16)20(21,22)23/h3-7,10-11,24H,8-9,12H2,1-2H3. The second kappa shape index (κ2) is 9.40. The van der Waals surface area contributed by atoms with Crippen molar-refractivity contribution >= 4 is 21.8 Å². The Labute approximate surface area is 172 Å². The van der Waals surface area contributed by atoms with Crippen LogP contribution in [0.25, 0.3) is 0 Å². The van der Waals surface area contributed by atoms with Crippen LogP contribution in [-0.4, -0.2) is 33.3 Å². The molecule has 0 aromatic heterocycles. The predicted molar refractivity (Wildman–Crippen MR) is 102 cm³/mol. The van der Waals surface area contributed by atoms with E-state index in [-0.39, 0.29) is 0 Å². The van der Waals surface area contributed by atoms with Crippen LogP contribution >= 0.6 is 0 Å². The fourth-order valence-electron chi connectivity index (χ4n) is 2.54. The third-order valence-corrected chi connectivity index (χ3v) is 5.61. The summed E-state index contributed by atoms with van der Waals surface area (Å²) in [5, 5.41) is 0. The maximum absolute atomic E-state index is 12.7. The van der Waals surface area contributed by atoms with Crippen LogP contribution in [0.4, 0.5) is 13.2 Å². The monoisotopic (exact) mass is 443 g/mol. The second-order valence-electron chi connectivity index (χ2n) is 6.58. The summed E-state index contributed by atoms with van der Waals surface area (Å²) in [6, 6.07) is 8.53. The number of esters is 1. The van der Waals surface area contributed by atoms with Gasteiger partial charge >= 0.3 is 12.1 Å². The van der Waals surface area contributed by atoms with Crippen molar-refractivity contribution in [3.63, 3.8) is 0 Å². The van der Waals surface area contributed by atoms with Gasteiger partial charge in [-0.05, 0) is 43.7 Å². The van der Waals surface area contributed by atoms with E-state index in [0.717, 1.165) is 29.3 Å². The molecule has 0 spiro atoms. The van der Waals surface area contributed by atoms with E-state index in [9.17, 15) is 31.2 Å². The number of Topliss-reactive ketones (excluding diaryl/α,β-unsaturated/α-hetero) is 1. The molecular weight excluding hydrogens is 423 g/mol. The molecule has 0 unspecified atom stereocenters. The summed E-state index contributed by atoms with van der Waals surface area (Å²) in [6.45, 7) is 2.67. The maximum atomic E-state index is 12.7. The number of ether oxygens (including phenoxy) is 1. The summed E-state index contributed by atoms with van der Waals surface area (Å²) in [5.41, 5.74) is 0.928. The Balaban J connectivity index is 1.88. The number of benzene rings is 2. The molecule has 0 bridgehead atoms. The first kappa shape index (κ1) is 23.6. The number of hydrogen-bond donors (Lipinski definition) is 1. The van der Waals surface area contributed by atoms with Gasteiger partial charge < -0.3 is 4.74 Å². The highest BCUT2D eigenvalue weighted by Crippen LogP contribution is 2.30. The Morgan fingerprint density at radius 2 is 1.77 bits per heavy atom. The molecule has 0 heterocycles. The van der Waals surface area contributed by atoms with Gasteiger partial charge in [-0.1, -0.05) is 23.8 Å². The number of nitrogens with one attached hydrogen (secondary N) is 1. The predicted octanol–water partition coefficient (Wildman–Crippen LogP) is 3.42. The van der Waals surface area contributed by atoms with Gasteiger partial charge in [0.15, 0.2) is 6.61 Å². The lowest BCUT2D eigenvalue weighted by molar-refractivity contribution is -0.142. The third-order valence-electron chi connectivity index (χ3n) is 4.15. The van der Waals surface area contributed by atoms with E-state index in [0.29, 0.717) is 11.6 Å². The molecule has 30 heavy (non-hydrogen) atoms. The van der Waals surface area contributed by atoms with Crippen LogP contribution in [0.5, 0.6) is 0 Å². The van der Waals surface area contributed by atoms with E-state index < -0.39 is 58.0 Å². The first-order chi connectivity index (χ1) is 13.9. The quantitative estimate of drug-likeness (QED) is 0.499. The molecule has 0 atom stereocenters. The Morgan fingerprint density at radius 1 is 1.07 bits per heavy atom. The minimum absolute atomic E-state index is 0.391. The summed E-state index contributed by atoms with van der Waals surface area (Å²) < 4.78 is 69.4. The average Bonchev–Trinajstić information content (AvgIpc) is 2.67. The summed E-state index contributed by atoms with van der Waals surface area (Å²) in [4.78, 5) is 23.4. The lowest BCUT2D eigenvalue weighted by Crippen LogP contribution is -2.27. The molecule has 0 radical (unpaired) electrons. The van der Waals surface area contributed by atoms with Crippen molar-refractivity contribution in [2.75, 3.05) is 13.2 Å². The number of alkyl halides is 3. The number of halogens is 3. The minimum atomic E-state index is -4.68. The first-order valence-electron chi connectivity index (χ1n) is 8.83. The Kier molecular flexibility index (Phi) is 7.38. The zero-order valence-corrected chi connectivity index (χ0v) is 17.1. The molecule has 2 aromatic rings. The summed E-state index contributed by atoms with van der Waals surface area (Å²) in [5.74, 6) is -1.21. The van der Waals surface area contributed by atoms with E-state index >= 15 is 0 Å².